The van der Waals surface area contributed by atoms with Crippen molar-refractivity contribution in [2.24, 2.45) is 0 Å². The summed E-state index contributed by atoms with van der Waals surface area (Å²) in [7, 11) is 0. The van der Waals surface area contributed by atoms with Crippen molar-refractivity contribution in [3.8, 4) is 17.2 Å². The summed E-state index contributed by atoms with van der Waals surface area (Å²) in [5.41, 5.74) is 3.01. The number of thioether (sulfide) groups is 1. The van der Waals surface area contributed by atoms with Crippen LogP contribution in [0.4, 0.5) is 13.2 Å². The van der Waals surface area contributed by atoms with Gasteiger partial charge in [0.1, 0.15) is 0 Å². The predicted molar refractivity (Wildman–Crippen MR) is 110 cm³/mol. The van der Waals surface area contributed by atoms with Crippen LogP contribution >= 0.6 is 11.8 Å². The average Bonchev–Trinajstić information content (AvgIpc) is 2.72. The van der Waals surface area contributed by atoms with Crippen molar-refractivity contribution < 1.29 is 13.2 Å². The molecule has 1 heterocycles. The first-order valence-corrected chi connectivity index (χ1v) is 10.2. The summed E-state index contributed by atoms with van der Waals surface area (Å²) in [5.74, 6) is 1.51. The highest BCUT2D eigenvalue weighted by Gasteiger charge is 2.34. The van der Waals surface area contributed by atoms with Gasteiger partial charge in [-0.25, -0.2) is 0 Å². The van der Waals surface area contributed by atoms with E-state index in [1.807, 2.05) is 25.1 Å². The summed E-state index contributed by atoms with van der Waals surface area (Å²) < 4.78 is 41.2. The average molecular weight is 412 g/mol. The van der Waals surface area contributed by atoms with E-state index in [0.717, 1.165) is 22.6 Å². The highest BCUT2D eigenvalue weighted by molar-refractivity contribution is 7.98. The first kappa shape index (κ1) is 20.9. The van der Waals surface area contributed by atoms with Crippen molar-refractivity contribution in [1.29, 1.82) is 5.26 Å². The van der Waals surface area contributed by atoms with Gasteiger partial charge in [0.25, 0.3) is 0 Å². The van der Waals surface area contributed by atoms with Crippen molar-refractivity contribution in [3.63, 3.8) is 0 Å². The minimum atomic E-state index is -4.45. The van der Waals surface area contributed by atoms with Crippen LogP contribution in [0.1, 0.15) is 27.8 Å². The second-order valence-corrected chi connectivity index (χ2v) is 7.78. The van der Waals surface area contributed by atoms with Crippen molar-refractivity contribution >= 4 is 11.8 Å². The van der Waals surface area contributed by atoms with Crippen LogP contribution in [0.15, 0.2) is 60.9 Å². The summed E-state index contributed by atoms with van der Waals surface area (Å²) in [5, 5.41) is 8.90. The third kappa shape index (κ3) is 5.39. The molecule has 1 aromatic heterocycles. The number of nitrogens with zero attached hydrogens (tertiary/aromatic N) is 2. The molecule has 0 N–H and O–H groups in total. The Kier molecular flexibility index (Phi) is 6.60. The number of aromatic nitrogens is 1. The normalized spacial score (nSPS) is 11.3. The maximum atomic E-state index is 13.7. The molecule has 3 rings (SSSR count). The van der Waals surface area contributed by atoms with E-state index in [0.29, 0.717) is 23.1 Å². The van der Waals surface area contributed by atoms with E-state index in [1.54, 1.807) is 42.4 Å². The monoisotopic (exact) mass is 412 g/mol. The second-order valence-electron chi connectivity index (χ2n) is 6.68. The van der Waals surface area contributed by atoms with Crippen LogP contribution in [0.25, 0.3) is 11.1 Å². The number of rotatable bonds is 6. The van der Waals surface area contributed by atoms with E-state index < -0.39 is 11.7 Å². The molecule has 2 aromatic carbocycles. The molecule has 0 unspecified atom stereocenters. The van der Waals surface area contributed by atoms with Gasteiger partial charge in [-0.15, -0.1) is 0 Å². The van der Waals surface area contributed by atoms with E-state index in [9.17, 15) is 13.2 Å². The summed E-state index contributed by atoms with van der Waals surface area (Å²) in [4.78, 5) is 4.07. The van der Waals surface area contributed by atoms with Crippen LogP contribution in [-0.2, 0) is 18.3 Å². The van der Waals surface area contributed by atoms with Gasteiger partial charge in [-0.1, -0.05) is 24.3 Å². The zero-order valence-electron chi connectivity index (χ0n) is 15.8. The number of benzene rings is 2. The highest BCUT2D eigenvalue weighted by atomic mass is 32.2. The van der Waals surface area contributed by atoms with Crippen molar-refractivity contribution in [2.75, 3.05) is 5.75 Å². The zero-order valence-corrected chi connectivity index (χ0v) is 16.6. The maximum absolute atomic E-state index is 13.7. The molecule has 0 aliphatic rings. The summed E-state index contributed by atoms with van der Waals surface area (Å²) in [6, 6.07) is 14.9. The van der Waals surface area contributed by atoms with Gasteiger partial charge in [-0.05, 0) is 71.2 Å². The predicted octanol–water partition coefficient (Wildman–Crippen LogP) is 6.42. The second kappa shape index (κ2) is 9.15. The molecular formula is C23H19F3N2S. The number of pyridine rings is 1. The number of alkyl halides is 3. The van der Waals surface area contributed by atoms with Gasteiger partial charge >= 0.3 is 6.18 Å². The first-order chi connectivity index (χ1) is 13.9. The maximum Gasteiger partial charge on any atom is 0.417 e. The van der Waals surface area contributed by atoms with Gasteiger partial charge in [-0.3, -0.25) is 4.98 Å². The molecule has 0 spiro atoms. The van der Waals surface area contributed by atoms with Gasteiger partial charge in [0.2, 0.25) is 0 Å². The molecule has 6 heteroatoms. The molecule has 3 aromatic rings. The van der Waals surface area contributed by atoms with Gasteiger partial charge in [0.05, 0.1) is 17.2 Å². The fraction of sp³-hybridized carbons (Fsp3) is 0.217. The van der Waals surface area contributed by atoms with E-state index in [2.05, 4.69) is 4.98 Å². The number of halogens is 3. The number of hydrogen-bond donors (Lipinski definition) is 0. The van der Waals surface area contributed by atoms with E-state index in [4.69, 9.17) is 5.26 Å². The van der Waals surface area contributed by atoms with Crippen LogP contribution < -0.4 is 0 Å². The lowest BCUT2D eigenvalue weighted by Crippen LogP contribution is -2.09. The Morgan fingerprint density at radius 3 is 2.48 bits per heavy atom. The van der Waals surface area contributed by atoms with Crippen LogP contribution in [0, 0.1) is 18.3 Å². The fourth-order valence-corrected chi connectivity index (χ4v) is 3.99. The SMILES string of the molecule is Cc1cc(-c2ccc(C#N)cc2)c(C(F)(F)F)cc1CCSCc1cccnc1. The zero-order chi connectivity index (χ0) is 20.9. The number of aryl methyl sites for hydroxylation is 2. The van der Waals surface area contributed by atoms with Gasteiger partial charge in [-0.2, -0.15) is 30.2 Å². The smallest absolute Gasteiger partial charge is 0.264 e. The summed E-state index contributed by atoms with van der Waals surface area (Å²) in [6.07, 6.45) is -0.375. The molecule has 29 heavy (non-hydrogen) atoms. The van der Waals surface area contributed by atoms with E-state index >= 15 is 0 Å². The molecule has 0 fully saturated rings. The fourth-order valence-electron chi connectivity index (χ4n) is 3.08. The quantitative estimate of drug-likeness (QED) is 0.438. The van der Waals surface area contributed by atoms with Gasteiger partial charge < -0.3 is 0 Å². The Hall–Kier alpha value is -2.78. The molecule has 0 aliphatic carbocycles. The van der Waals surface area contributed by atoms with Crippen LogP contribution in [0.5, 0.6) is 0 Å². The largest absolute Gasteiger partial charge is 0.417 e. The van der Waals surface area contributed by atoms with E-state index in [-0.39, 0.29) is 5.56 Å². The molecule has 2 nitrogen and oxygen atoms in total. The molecule has 148 valence electrons. The highest BCUT2D eigenvalue weighted by Crippen LogP contribution is 2.39. The molecule has 0 bridgehead atoms. The molecule has 0 radical (unpaired) electrons. The minimum absolute atomic E-state index is 0.145. The van der Waals surface area contributed by atoms with Crippen molar-refractivity contribution in [3.05, 3.63) is 88.7 Å². The molecule has 0 amide bonds. The standard InChI is InChI=1S/C23H19F3N2S/c1-16-11-21(19-6-4-17(13-27)5-7-19)22(23(24,25)26)12-20(16)8-10-29-15-18-3-2-9-28-14-18/h2-7,9,11-12,14H,8,10,15H2,1H3. The Balaban J connectivity index is 1.81. The Bertz CT molecular complexity index is 1010. The topological polar surface area (TPSA) is 36.7 Å². The number of nitriles is 1. The first-order valence-electron chi connectivity index (χ1n) is 9.06. The van der Waals surface area contributed by atoms with Crippen LogP contribution in [0.3, 0.4) is 0 Å². The lowest BCUT2D eigenvalue weighted by molar-refractivity contribution is -0.137. The van der Waals surface area contributed by atoms with Gasteiger partial charge in [0.15, 0.2) is 0 Å². The Morgan fingerprint density at radius 1 is 1.10 bits per heavy atom. The molecular weight excluding hydrogens is 393 g/mol. The molecule has 0 atom stereocenters. The molecule has 0 saturated carbocycles. The summed E-state index contributed by atoms with van der Waals surface area (Å²) >= 11 is 1.68. The molecule has 0 saturated heterocycles. The van der Waals surface area contributed by atoms with Crippen LogP contribution in [0.2, 0.25) is 0 Å². The van der Waals surface area contributed by atoms with Crippen LogP contribution in [-0.4, -0.2) is 10.7 Å². The Labute approximate surface area is 172 Å². The van der Waals surface area contributed by atoms with Gasteiger partial charge in [0, 0.05) is 18.1 Å². The minimum Gasteiger partial charge on any atom is -0.264 e. The third-order valence-electron chi connectivity index (χ3n) is 4.61. The third-order valence-corrected chi connectivity index (χ3v) is 5.64. The van der Waals surface area contributed by atoms with Crippen molar-refractivity contribution in [1.82, 2.24) is 4.98 Å². The van der Waals surface area contributed by atoms with E-state index in [1.165, 1.54) is 18.2 Å². The lowest BCUT2D eigenvalue weighted by Gasteiger charge is -2.17. The van der Waals surface area contributed by atoms with Crippen molar-refractivity contribution in [2.45, 2.75) is 25.3 Å². The Morgan fingerprint density at radius 2 is 1.86 bits per heavy atom. The summed E-state index contributed by atoms with van der Waals surface area (Å²) in [6.45, 7) is 1.84. The number of hydrogen-bond acceptors (Lipinski definition) is 3. The lowest BCUT2D eigenvalue weighted by atomic mass is 9.92. The molecule has 0 aliphatic heterocycles.